The predicted octanol–water partition coefficient (Wildman–Crippen LogP) is 3.75. The minimum atomic E-state index is -0.793. The highest BCUT2D eigenvalue weighted by molar-refractivity contribution is 7.20. The Morgan fingerprint density at radius 1 is 1.21 bits per heavy atom. The lowest BCUT2D eigenvalue weighted by molar-refractivity contribution is -0.127. The molecule has 2 amide bonds. The van der Waals surface area contributed by atoms with E-state index >= 15 is 0 Å². The Morgan fingerprint density at radius 2 is 1.97 bits per heavy atom. The first-order chi connectivity index (χ1) is 15.9. The van der Waals surface area contributed by atoms with Gasteiger partial charge in [0.2, 0.25) is 0 Å². The highest BCUT2D eigenvalue weighted by atomic mass is 32.1. The first-order valence-corrected chi connectivity index (χ1v) is 11.3. The van der Waals surface area contributed by atoms with Crippen LogP contribution in [0.3, 0.4) is 0 Å². The maximum absolute atomic E-state index is 13.6. The first-order valence-electron chi connectivity index (χ1n) is 10.4. The van der Waals surface area contributed by atoms with E-state index in [1.54, 1.807) is 36.2 Å². The van der Waals surface area contributed by atoms with Gasteiger partial charge in [-0.25, -0.2) is 4.39 Å². The summed E-state index contributed by atoms with van der Waals surface area (Å²) in [6, 6.07) is 15.3. The molecule has 1 N–H and O–H groups in total. The number of fused-ring (bicyclic) bond motifs is 2. The molecule has 7 nitrogen and oxygen atoms in total. The van der Waals surface area contributed by atoms with E-state index in [1.807, 2.05) is 29.8 Å². The molecule has 2 aromatic carbocycles. The van der Waals surface area contributed by atoms with Gasteiger partial charge in [0.1, 0.15) is 16.4 Å². The van der Waals surface area contributed by atoms with Crippen molar-refractivity contribution in [3.05, 3.63) is 76.5 Å². The third kappa shape index (κ3) is 3.84. The number of carbonyl (C=O) groups excluding carboxylic acids is 2. The Balaban J connectivity index is 1.49. The number of hydrogen-bond acceptors (Lipinski definition) is 5. The van der Waals surface area contributed by atoms with Crippen LogP contribution in [0, 0.1) is 12.7 Å². The third-order valence-electron chi connectivity index (χ3n) is 5.62. The molecule has 2 aromatic heterocycles. The molecule has 9 heteroatoms. The van der Waals surface area contributed by atoms with Crippen LogP contribution in [0.2, 0.25) is 0 Å². The first kappa shape index (κ1) is 21.1. The SMILES string of the molecule is CNC(=O)[C@H]1CN(C(=O)c2cc3c(C)nn(Cc4ccc(F)cc4)c3s2)c2ccccc2O1. The number of aryl methyl sites for hydroxylation is 1. The molecule has 1 atom stereocenters. The van der Waals surface area contributed by atoms with E-state index in [4.69, 9.17) is 4.74 Å². The number of nitrogens with zero attached hydrogens (tertiary/aromatic N) is 3. The summed E-state index contributed by atoms with van der Waals surface area (Å²) in [5.74, 6) is -0.283. The zero-order chi connectivity index (χ0) is 23.1. The molecule has 0 radical (unpaired) electrons. The van der Waals surface area contributed by atoms with Gasteiger partial charge in [-0.15, -0.1) is 11.3 Å². The number of ether oxygens (including phenoxy) is 1. The van der Waals surface area contributed by atoms with Crippen molar-refractivity contribution in [3.63, 3.8) is 0 Å². The van der Waals surface area contributed by atoms with E-state index < -0.39 is 6.10 Å². The van der Waals surface area contributed by atoms with Crippen molar-refractivity contribution in [3.8, 4) is 5.75 Å². The van der Waals surface area contributed by atoms with Crippen molar-refractivity contribution in [1.82, 2.24) is 15.1 Å². The van der Waals surface area contributed by atoms with Crippen LogP contribution in [0.25, 0.3) is 10.2 Å². The Labute approximate surface area is 193 Å². The number of hydrogen-bond donors (Lipinski definition) is 1. The maximum atomic E-state index is 13.6. The standard InChI is InChI=1S/C24H21FN4O3S/c1-14-17-11-21(33-24(17)29(27-14)12-15-7-9-16(25)10-8-15)23(31)28-13-20(22(30)26-2)32-19-6-4-3-5-18(19)28/h3-11,20H,12-13H2,1-2H3,(H,26,30)/t20-/m1/s1. The average Bonchev–Trinajstić information content (AvgIpc) is 3.40. The van der Waals surface area contributed by atoms with Gasteiger partial charge in [-0.05, 0) is 42.8 Å². The number of aromatic nitrogens is 2. The van der Waals surface area contributed by atoms with E-state index in [2.05, 4.69) is 10.4 Å². The molecule has 3 heterocycles. The number of nitrogens with one attached hydrogen (secondary N) is 1. The summed E-state index contributed by atoms with van der Waals surface area (Å²) in [6.07, 6.45) is -0.793. The zero-order valence-electron chi connectivity index (χ0n) is 18.0. The van der Waals surface area contributed by atoms with Gasteiger partial charge in [0, 0.05) is 12.4 Å². The third-order valence-corrected chi connectivity index (χ3v) is 6.76. The second kappa shape index (κ2) is 8.32. The molecule has 168 valence electrons. The number of likely N-dealkylation sites (N-methyl/N-ethyl adjacent to an activating group) is 1. The number of para-hydroxylation sites is 2. The minimum Gasteiger partial charge on any atom is -0.477 e. The zero-order valence-corrected chi connectivity index (χ0v) is 18.9. The van der Waals surface area contributed by atoms with E-state index in [1.165, 1.54) is 23.5 Å². The van der Waals surface area contributed by atoms with Crippen LogP contribution in [0.1, 0.15) is 20.9 Å². The molecule has 0 spiro atoms. The fraction of sp³-hybridized carbons (Fsp3) is 0.208. The molecular weight excluding hydrogens is 443 g/mol. The van der Waals surface area contributed by atoms with Crippen LogP contribution in [0.15, 0.2) is 54.6 Å². The van der Waals surface area contributed by atoms with Gasteiger partial charge in [0.25, 0.3) is 11.8 Å². The number of halogens is 1. The number of thiophene rings is 1. The van der Waals surface area contributed by atoms with Crippen LogP contribution in [0.5, 0.6) is 5.75 Å². The lowest BCUT2D eigenvalue weighted by atomic mass is 10.1. The Bertz CT molecular complexity index is 1360. The lowest BCUT2D eigenvalue weighted by Crippen LogP contribution is -2.50. The molecule has 0 unspecified atom stereocenters. The molecule has 5 rings (SSSR count). The molecule has 0 fully saturated rings. The summed E-state index contributed by atoms with van der Waals surface area (Å²) < 4.78 is 20.9. The number of amides is 2. The monoisotopic (exact) mass is 464 g/mol. The number of benzene rings is 2. The smallest absolute Gasteiger partial charge is 0.268 e. The Kier molecular flexibility index (Phi) is 5.33. The lowest BCUT2D eigenvalue weighted by Gasteiger charge is -2.33. The van der Waals surface area contributed by atoms with E-state index in [0.29, 0.717) is 22.9 Å². The summed E-state index contributed by atoms with van der Waals surface area (Å²) in [6.45, 7) is 2.48. The molecule has 0 bridgehead atoms. The molecule has 4 aromatic rings. The van der Waals surface area contributed by atoms with Gasteiger partial charge in [0.15, 0.2) is 6.10 Å². The summed E-state index contributed by atoms with van der Waals surface area (Å²) in [5.41, 5.74) is 2.36. The summed E-state index contributed by atoms with van der Waals surface area (Å²) in [7, 11) is 1.54. The highest BCUT2D eigenvalue weighted by Gasteiger charge is 2.34. The van der Waals surface area contributed by atoms with Crippen molar-refractivity contribution in [1.29, 1.82) is 0 Å². The topological polar surface area (TPSA) is 76.5 Å². The van der Waals surface area contributed by atoms with Crippen LogP contribution in [0.4, 0.5) is 10.1 Å². The fourth-order valence-corrected chi connectivity index (χ4v) is 5.06. The van der Waals surface area contributed by atoms with Gasteiger partial charge in [0.05, 0.1) is 29.3 Å². The van der Waals surface area contributed by atoms with Crippen molar-refractivity contribution >= 4 is 39.1 Å². The largest absolute Gasteiger partial charge is 0.477 e. The molecule has 1 aliphatic heterocycles. The maximum Gasteiger partial charge on any atom is 0.268 e. The van der Waals surface area contributed by atoms with E-state index in [-0.39, 0.29) is 24.2 Å². The van der Waals surface area contributed by atoms with Crippen molar-refractivity contribution in [2.24, 2.45) is 0 Å². The van der Waals surface area contributed by atoms with Crippen molar-refractivity contribution in [2.75, 3.05) is 18.5 Å². The van der Waals surface area contributed by atoms with Gasteiger partial charge < -0.3 is 10.1 Å². The van der Waals surface area contributed by atoms with Crippen LogP contribution in [-0.4, -0.2) is 41.3 Å². The molecule has 1 aliphatic rings. The van der Waals surface area contributed by atoms with Crippen molar-refractivity contribution < 1.29 is 18.7 Å². The normalized spacial score (nSPS) is 15.2. The highest BCUT2D eigenvalue weighted by Crippen LogP contribution is 2.36. The minimum absolute atomic E-state index is 0.116. The van der Waals surface area contributed by atoms with Crippen LogP contribution >= 0.6 is 11.3 Å². The number of carbonyl (C=O) groups is 2. The Hall–Kier alpha value is -3.72. The summed E-state index contributed by atoms with van der Waals surface area (Å²) in [4.78, 5) is 28.8. The molecule has 33 heavy (non-hydrogen) atoms. The second-order valence-corrected chi connectivity index (χ2v) is 8.83. The van der Waals surface area contributed by atoms with Gasteiger partial charge in [-0.2, -0.15) is 5.10 Å². The van der Waals surface area contributed by atoms with E-state index in [0.717, 1.165) is 21.5 Å². The van der Waals surface area contributed by atoms with Gasteiger partial charge in [-0.1, -0.05) is 24.3 Å². The van der Waals surface area contributed by atoms with Gasteiger partial charge in [-0.3, -0.25) is 19.2 Å². The average molecular weight is 465 g/mol. The molecule has 0 saturated carbocycles. The van der Waals surface area contributed by atoms with Crippen molar-refractivity contribution in [2.45, 2.75) is 19.6 Å². The van der Waals surface area contributed by atoms with Crippen LogP contribution in [-0.2, 0) is 11.3 Å². The molecular formula is C24H21FN4O3S. The number of anilines is 1. The summed E-state index contributed by atoms with van der Waals surface area (Å²) >= 11 is 1.35. The predicted molar refractivity (Wildman–Crippen MR) is 124 cm³/mol. The number of rotatable bonds is 4. The second-order valence-electron chi connectivity index (χ2n) is 7.80. The quantitative estimate of drug-likeness (QED) is 0.499. The molecule has 0 saturated heterocycles. The summed E-state index contributed by atoms with van der Waals surface area (Å²) in [5, 5.41) is 8.09. The van der Waals surface area contributed by atoms with E-state index in [9.17, 15) is 14.0 Å². The van der Waals surface area contributed by atoms with Gasteiger partial charge >= 0.3 is 0 Å². The molecule has 0 aliphatic carbocycles. The fourth-order valence-electron chi connectivity index (χ4n) is 3.95. The Morgan fingerprint density at radius 3 is 2.73 bits per heavy atom. The van der Waals surface area contributed by atoms with Crippen LogP contribution < -0.4 is 15.0 Å².